The number of amides is 3. The summed E-state index contributed by atoms with van der Waals surface area (Å²) in [7, 11) is 0. The Morgan fingerprint density at radius 3 is 2.57 bits per heavy atom. The molecule has 1 heterocycles. The van der Waals surface area contributed by atoms with Crippen LogP contribution in [0.5, 0.6) is 0 Å². The number of hydrogen-bond acceptors (Lipinski definition) is 6. The highest BCUT2D eigenvalue weighted by Gasteiger charge is 2.55. The van der Waals surface area contributed by atoms with Crippen LogP contribution in [0.25, 0.3) is 0 Å². The predicted molar refractivity (Wildman–Crippen MR) is 98.3 cm³/mol. The third-order valence-electron chi connectivity index (χ3n) is 5.38. The maximum atomic E-state index is 12.8. The highest BCUT2D eigenvalue weighted by atomic mass is 16.6. The van der Waals surface area contributed by atoms with Gasteiger partial charge in [0.2, 0.25) is 0 Å². The largest absolute Gasteiger partial charge is 0.461 e. The van der Waals surface area contributed by atoms with Crippen LogP contribution >= 0.6 is 0 Å². The van der Waals surface area contributed by atoms with Crippen molar-refractivity contribution in [2.75, 3.05) is 19.8 Å². The minimum atomic E-state index is -0.902. The molecule has 1 N–H and O–H groups in total. The van der Waals surface area contributed by atoms with E-state index in [-0.39, 0.29) is 25.0 Å². The zero-order valence-corrected chi connectivity index (χ0v) is 15.8. The Labute approximate surface area is 163 Å². The van der Waals surface area contributed by atoms with Crippen molar-refractivity contribution in [2.45, 2.75) is 38.1 Å². The molecule has 3 amide bonds. The Morgan fingerprint density at radius 1 is 1.14 bits per heavy atom. The summed E-state index contributed by atoms with van der Waals surface area (Å²) in [6, 6.07) is 7.89. The van der Waals surface area contributed by atoms with Crippen molar-refractivity contribution in [3.63, 3.8) is 0 Å². The van der Waals surface area contributed by atoms with Gasteiger partial charge >= 0.3 is 18.0 Å². The Hall–Kier alpha value is -2.90. The van der Waals surface area contributed by atoms with Crippen LogP contribution in [-0.2, 0) is 19.1 Å². The summed E-state index contributed by atoms with van der Waals surface area (Å²) >= 11 is 0. The summed E-state index contributed by atoms with van der Waals surface area (Å²) in [5, 5.41) is 2.78. The Balaban J connectivity index is 1.45. The zero-order chi connectivity index (χ0) is 20.1. The second-order valence-electron chi connectivity index (χ2n) is 7.16. The van der Waals surface area contributed by atoms with Crippen LogP contribution in [-0.4, -0.2) is 54.1 Å². The molecule has 0 bridgehead atoms. The number of urea groups is 1. The fourth-order valence-corrected chi connectivity index (χ4v) is 3.76. The van der Waals surface area contributed by atoms with E-state index < -0.39 is 30.1 Å². The van der Waals surface area contributed by atoms with E-state index in [4.69, 9.17) is 9.47 Å². The van der Waals surface area contributed by atoms with Gasteiger partial charge in [-0.3, -0.25) is 14.5 Å². The normalized spacial score (nSPS) is 24.2. The van der Waals surface area contributed by atoms with Gasteiger partial charge in [-0.1, -0.05) is 38.0 Å². The SMILES string of the molecule is C[C@H]1CCCC[C@]12NC(=O)N(CC(=O)OCCOC(=O)c1ccccc1)C2=O. The number of carbonyl (C=O) groups is 4. The van der Waals surface area contributed by atoms with Gasteiger partial charge in [-0.15, -0.1) is 0 Å². The Kier molecular flexibility index (Phi) is 5.96. The van der Waals surface area contributed by atoms with E-state index in [1.165, 1.54) is 0 Å². The Morgan fingerprint density at radius 2 is 1.86 bits per heavy atom. The highest BCUT2D eigenvalue weighted by Crippen LogP contribution is 2.38. The van der Waals surface area contributed by atoms with Gasteiger partial charge < -0.3 is 14.8 Å². The molecule has 8 nitrogen and oxygen atoms in total. The summed E-state index contributed by atoms with van der Waals surface area (Å²) in [6.07, 6.45) is 3.33. The van der Waals surface area contributed by atoms with E-state index in [9.17, 15) is 19.2 Å². The third-order valence-corrected chi connectivity index (χ3v) is 5.38. The van der Waals surface area contributed by atoms with Gasteiger partial charge in [0.05, 0.1) is 5.56 Å². The number of rotatable bonds is 6. The maximum absolute atomic E-state index is 12.8. The molecule has 1 spiro atoms. The van der Waals surface area contributed by atoms with Crippen molar-refractivity contribution < 1.29 is 28.7 Å². The van der Waals surface area contributed by atoms with Crippen LogP contribution in [0.2, 0.25) is 0 Å². The fourth-order valence-electron chi connectivity index (χ4n) is 3.76. The van der Waals surface area contributed by atoms with E-state index in [0.29, 0.717) is 12.0 Å². The van der Waals surface area contributed by atoms with Crippen LogP contribution in [0.1, 0.15) is 43.0 Å². The molecule has 2 fully saturated rings. The molecular formula is C20H24N2O6. The summed E-state index contributed by atoms with van der Waals surface area (Å²) in [6.45, 7) is 1.23. The molecule has 8 heteroatoms. The third kappa shape index (κ3) is 4.00. The average molecular weight is 388 g/mol. The fraction of sp³-hybridized carbons (Fsp3) is 0.500. The van der Waals surface area contributed by atoms with Crippen molar-refractivity contribution in [2.24, 2.45) is 5.92 Å². The number of imide groups is 1. The number of ether oxygens (including phenoxy) is 2. The molecule has 2 aliphatic rings. The van der Waals surface area contributed by atoms with Crippen LogP contribution in [0.15, 0.2) is 30.3 Å². The lowest BCUT2D eigenvalue weighted by molar-refractivity contribution is -0.149. The van der Waals surface area contributed by atoms with E-state index in [0.717, 1.165) is 24.2 Å². The quantitative estimate of drug-likeness (QED) is 0.454. The standard InChI is InChI=1S/C20H24N2O6/c1-14-7-5-6-10-20(14)18(25)22(19(26)21-20)13-16(23)27-11-12-28-17(24)15-8-3-2-4-9-15/h2-4,8-9,14H,5-7,10-13H2,1H3,(H,21,26)/t14-,20-/m0/s1. The van der Waals surface area contributed by atoms with Crippen LogP contribution in [0, 0.1) is 5.92 Å². The second-order valence-corrected chi connectivity index (χ2v) is 7.16. The molecule has 2 atom stereocenters. The predicted octanol–water partition coefficient (Wildman–Crippen LogP) is 1.89. The first kappa shape index (κ1) is 19.9. The van der Waals surface area contributed by atoms with Crippen LogP contribution in [0.3, 0.4) is 0 Å². The number of nitrogens with one attached hydrogen (secondary N) is 1. The number of benzene rings is 1. The lowest BCUT2D eigenvalue weighted by Crippen LogP contribution is -2.54. The minimum absolute atomic E-state index is 0.0242. The lowest BCUT2D eigenvalue weighted by Gasteiger charge is -2.36. The topological polar surface area (TPSA) is 102 Å². The second kappa shape index (κ2) is 8.41. The van der Waals surface area contributed by atoms with Gasteiger partial charge in [-0.2, -0.15) is 0 Å². The number of hydrogen-bond donors (Lipinski definition) is 1. The summed E-state index contributed by atoms with van der Waals surface area (Å²) < 4.78 is 10.0. The van der Waals surface area contributed by atoms with E-state index >= 15 is 0 Å². The zero-order valence-electron chi connectivity index (χ0n) is 15.8. The van der Waals surface area contributed by atoms with Crippen molar-refractivity contribution in [1.82, 2.24) is 10.2 Å². The molecule has 0 unspecified atom stereocenters. The van der Waals surface area contributed by atoms with Gasteiger partial charge in [-0.25, -0.2) is 9.59 Å². The van der Waals surface area contributed by atoms with E-state index in [2.05, 4.69) is 5.32 Å². The highest BCUT2D eigenvalue weighted by molar-refractivity contribution is 6.09. The average Bonchev–Trinajstić information content (AvgIpc) is 2.93. The molecule has 0 aromatic heterocycles. The van der Waals surface area contributed by atoms with E-state index in [1.807, 2.05) is 6.92 Å². The first-order chi connectivity index (χ1) is 13.4. The molecule has 1 aromatic carbocycles. The molecule has 1 aromatic rings. The summed E-state index contributed by atoms with van der Waals surface area (Å²) in [4.78, 5) is 49.7. The van der Waals surface area contributed by atoms with Gasteiger partial charge in [0, 0.05) is 0 Å². The lowest BCUT2D eigenvalue weighted by atomic mass is 9.73. The number of esters is 2. The summed E-state index contributed by atoms with van der Waals surface area (Å²) in [5.74, 6) is -1.58. The smallest absolute Gasteiger partial charge is 0.338 e. The molecule has 1 saturated heterocycles. The van der Waals surface area contributed by atoms with Crippen molar-refractivity contribution in [3.8, 4) is 0 Å². The van der Waals surface area contributed by atoms with Gasteiger partial charge in [0.15, 0.2) is 0 Å². The first-order valence-electron chi connectivity index (χ1n) is 9.46. The van der Waals surface area contributed by atoms with Crippen molar-refractivity contribution in [1.29, 1.82) is 0 Å². The van der Waals surface area contributed by atoms with Gasteiger partial charge in [0.1, 0.15) is 25.3 Å². The molecule has 150 valence electrons. The monoisotopic (exact) mass is 388 g/mol. The van der Waals surface area contributed by atoms with Gasteiger partial charge in [-0.05, 0) is 30.9 Å². The van der Waals surface area contributed by atoms with Crippen molar-refractivity contribution in [3.05, 3.63) is 35.9 Å². The molecule has 1 aliphatic heterocycles. The first-order valence-corrected chi connectivity index (χ1v) is 9.46. The van der Waals surface area contributed by atoms with E-state index in [1.54, 1.807) is 30.3 Å². The maximum Gasteiger partial charge on any atom is 0.338 e. The molecule has 3 rings (SSSR count). The number of nitrogens with zero attached hydrogens (tertiary/aromatic N) is 1. The van der Waals surface area contributed by atoms with Crippen LogP contribution in [0.4, 0.5) is 4.79 Å². The minimum Gasteiger partial charge on any atom is -0.461 e. The molecular weight excluding hydrogens is 364 g/mol. The van der Waals surface area contributed by atoms with Crippen LogP contribution < -0.4 is 5.32 Å². The summed E-state index contributed by atoms with van der Waals surface area (Å²) in [5.41, 5.74) is -0.499. The molecule has 0 radical (unpaired) electrons. The number of carbonyl (C=O) groups excluding carboxylic acids is 4. The molecule has 1 aliphatic carbocycles. The van der Waals surface area contributed by atoms with Gasteiger partial charge in [0.25, 0.3) is 5.91 Å². The molecule has 1 saturated carbocycles. The van der Waals surface area contributed by atoms with Crippen molar-refractivity contribution >= 4 is 23.9 Å². The Bertz CT molecular complexity index is 765. The molecule has 28 heavy (non-hydrogen) atoms.